The predicted octanol–water partition coefficient (Wildman–Crippen LogP) is 8.93. The topological polar surface area (TPSA) is 72.3 Å². The number of allylic oxidation sites excluding steroid dienone is 5. The van der Waals surface area contributed by atoms with Gasteiger partial charge in [-0.3, -0.25) is 0 Å². The predicted molar refractivity (Wildman–Crippen MR) is 160 cm³/mol. The van der Waals surface area contributed by atoms with Gasteiger partial charge in [0.05, 0.1) is 0 Å². The van der Waals surface area contributed by atoms with Crippen molar-refractivity contribution < 1.29 is 5.11 Å². The molecule has 2 unspecified atom stereocenters. The number of nitrogens with two attached hydrogens (primary N) is 2. The molecule has 0 radical (unpaired) electrons. The number of hydrogen-bond acceptors (Lipinski definition) is 4. The smallest absolute Gasteiger partial charge is 0.116 e. The number of aliphatic hydroxyl groups excluding tert-OH is 1. The fraction of sp³-hybridized carbons (Fsp3) is 0.517. The van der Waals surface area contributed by atoms with E-state index in [0.717, 1.165) is 11.3 Å². The summed E-state index contributed by atoms with van der Waals surface area (Å²) >= 11 is 1.68. The van der Waals surface area contributed by atoms with Crippen molar-refractivity contribution >= 4 is 11.8 Å². The third-order valence-electron chi connectivity index (χ3n) is 3.54. The molecule has 2 atom stereocenters. The molecule has 194 valence electrons. The zero-order valence-corrected chi connectivity index (χ0v) is 24.3. The molecule has 0 fully saturated rings. The minimum atomic E-state index is 0.177. The minimum Gasteiger partial charge on any atom is -0.508 e. The van der Waals surface area contributed by atoms with Crippen molar-refractivity contribution in [2.24, 2.45) is 17.4 Å². The van der Waals surface area contributed by atoms with Crippen LogP contribution in [-0.4, -0.2) is 16.9 Å². The van der Waals surface area contributed by atoms with E-state index < -0.39 is 0 Å². The van der Waals surface area contributed by atoms with Gasteiger partial charge in [0.1, 0.15) is 5.76 Å². The summed E-state index contributed by atoms with van der Waals surface area (Å²) < 4.78 is 0. The van der Waals surface area contributed by atoms with Crippen molar-refractivity contribution in [3.8, 4) is 12.5 Å². The summed E-state index contributed by atoms with van der Waals surface area (Å²) in [5.74, 6) is 0.520. The van der Waals surface area contributed by atoms with Crippen LogP contribution in [0, 0.1) is 18.4 Å². The van der Waals surface area contributed by atoms with E-state index in [0.29, 0.717) is 12.5 Å². The van der Waals surface area contributed by atoms with Crippen LogP contribution in [0.1, 0.15) is 82.1 Å². The lowest BCUT2D eigenvalue weighted by Crippen LogP contribution is -2.20. The second-order valence-corrected chi connectivity index (χ2v) is 7.17. The first-order valence-electron chi connectivity index (χ1n) is 11.8. The lowest BCUT2D eigenvalue weighted by molar-refractivity contribution is 0.433. The molecule has 0 spiro atoms. The minimum absolute atomic E-state index is 0.177. The van der Waals surface area contributed by atoms with Gasteiger partial charge >= 0.3 is 0 Å². The highest BCUT2D eigenvalue weighted by Crippen LogP contribution is 2.31. The van der Waals surface area contributed by atoms with Gasteiger partial charge < -0.3 is 16.6 Å². The first-order chi connectivity index (χ1) is 15.7. The molecule has 0 aliphatic carbocycles. The molecule has 0 rings (SSSR count). The van der Waals surface area contributed by atoms with Crippen LogP contribution < -0.4 is 11.5 Å². The van der Waals surface area contributed by atoms with Crippen LogP contribution in [0.2, 0.25) is 0 Å². The van der Waals surface area contributed by atoms with Crippen LogP contribution in [0.5, 0.6) is 0 Å². The Labute approximate surface area is 212 Å². The maximum Gasteiger partial charge on any atom is 0.116 e. The molecule has 4 heteroatoms. The number of aliphatic hydroxyl groups is 1. The summed E-state index contributed by atoms with van der Waals surface area (Å²) in [5, 5.41) is 9.84. The molecule has 0 amide bonds. The highest BCUT2D eigenvalue weighted by Gasteiger charge is 2.15. The standard InChI is InChI=1S/C18H29NOS.C3H8.C2H3N.2C2H6.C2H4/c1-7-10-17(11-16(20)9-3)21-18(12-19)15(6)14(5)13(4)8-2;1-3-2;1-2-3;3*1-2/h8-11,13,18,20H,2-3,7,12,19H2,1,4-6H3;3H2,1-2H3;1H,3H2;2*1-2H3;1-2H2/b15-14-,16-11+,17-10+;;;;;. The van der Waals surface area contributed by atoms with Gasteiger partial charge in [-0.05, 0) is 44.4 Å². The average molecular weight is 481 g/mol. The molecule has 0 aromatic carbocycles. The molecule has 0 saturated carbocycles. The van der Waals surface area contributed by atoms with E-state index in [1.165, 1.54) is 23.6 Å². The molecular weight excluding hydrogens is 424 g/mol. The van der Waals surface area contributed by atoms with Gasteiger partial charge in [-0.25, -0.2) is 0 Å². The maximum atomic E-state index is 9.65. The summed E-state index contributed by atoms with van der Waals surface area (Å²) in [6.45, 7) is 34.7. The second kappa shape index (κ2) is 40.3. The Balaban J connectivity index is -0.000000128. The number of hydrogen-bond donors (Lipinski definition) is 3. The van der Waals surface area contributed by atoms with E-state index >= 15 is 0 Å². The summed E-state index contributed by atoms with van der Waals surface area (Å²) in [6, 6.07) is 1.75. The zero-order valence-electron chi connectivity index (χ0n) is 23.5. The Morgan fingerprint density at radius 3 is 1.73 bits per heavy atom. The van der Waals surface area contributed by atoms with E-state index in [4.69, 9.17) is 5.73 Å². The third kappa shape index (κ3) is 32.2. The van der Waals surface area contributed by atoms with Gasteiger partial charge in [-0.15, -0.1) is 31.5 Å². The SMILES string of the molecule is C#CN.C=C.C=C/C(O)=C\C(=C/CC)SC(CN)/C(C)=C(/C)C(C)C=C.CC.CC.CCC. The van der Waals surface area contributed by atoms with Gasteiger partial charge in [-0.1, -0.05) is 98.1 Å². The number of terminal acetylenes is 1. The fourth-order valence-corrected chi connectivity index (χ4v) is 3.05. The van der Waals surface area contributed by atoms with Gasteiger partial charge in [0.25, 0.3) is 0 Å². The largest absolute Gasteiger partial charge is 0.508 e. The summed E-state index contributed by atoms with van der Waals surface area (Å²) in [5.41, 5.74) is 12.9. The van der Waals surface area contributed by atoms with E-state index in [2.05, 4.69) is 86.1 Å². The molecular formula is C29H56N2OS. The molecule has 0 bridgehead atoms. The Hall–Kier alpha value is -2.09. The van der Waals surface area contributed by atoms with Crippen LogP contribution in [0.3, 0.4) is 0 Å². The van der Waals surface area contributed by atoms with E-state index in [1.54, 1.807) is 23.9 Å². The molecule has 33 heavy (non-hydrogen) atoms. The molecule has 3 nitrogen and oxygen atoms in total. The highest BCUT2D eigenvalue weighted by atomic mass is 32.2. The summed E-state index contributed by atoms with van der Waals surface area (Å²) in [4.78, 5) is 1.02. The monoisotopic (exact) mass is 480 g/mol. The lowest BCUT2D eigenvalue weighted by atomic mass is 9.96. The second-order valence-electron chi connectivity index (χ2n) is 5.89. The zero-order chi connectivity index (χ0) is 27.8. The van der Waals surface area contributed by atoms with Gasteiger partial charge in [0.2, 0.25) is 0 Å². The van der Waals surface area contributed by atoms with Crippen molar-refractivity contribution in [2.45, 2.75) is 87.3 Å². The van der Waals surface area contributed by atoms with Crippen LogP contribution in [0.4, 0.5) is 0 Å². The molecule has 5 N–H and O–H groups in total. The molecule has 0 aliphatic heterocycles. The molecule has 0 aliphatic rings. The quantitative estimate of drug-likeness (QED) is 0.101. The normalized spacial score (nSPS) is 12.1. The Morgan fingerprint density at radius 1 is 1.06 bits per heavy atom. The average Bonchev–Trinajstić information content (AvgIpc) is 2.85. The van der Waals surface area contributed by atoms with Gasteiger partial charge in [0, 0.05) is 16.7 Å². The Kier molecular flexibility index (Phi) is 54.4. The summed E-state index contributed by atoms with van der Waals surface area (Å²) in [7, 11) is 0. The molecule has 0 saturated heterocycles. The van der Waals surface area contributed by atoms with Crippen LogP contribution in [0.25, 0.3) is 0 Å². The van der Waals surface area contributed by atoms with Crippen molar-refractivity contribution in [1.82, 2.24) is 0 Å². The number of rotatable bonds is 9. The highest BCUT2D eigenvalue weighted by molar-refractivity contribution is 8.04. The first-order valence-corrected chi connectivity index (χ1v) is 12.7. The summed E-state index contributed by atoms with van der Waals surface area (Å²) in [6.07, 6.45) is 13.7. The first kappa shape index (κ1) is 44.6. The maximum absolute atomic E-state index is 9.65. The number of thioether (sulfide) groups is 1. The third-order valence-corrected chi connectivity index (χ3v) is 4.93. The van der Waals surface area contributed by atoms with Crippen LogP contribution in [-0.2, 0) is 0 Å². The fourth-order valence-electron chi connectivity index (χ4n) is 1.81. The van der Waals surface area contributed by atoms with Crippen molar-refractivity contribution in [1.29, 1.82) is 0 Å². The van der Waals surface area contributed by atoms with Crippen LogP contribution >= 0.6 is 11.8 Å². The van der Waals surface area contributed by atoms with Gasteiger partial charge in [0.15, 0.2) is 0 Å². The van der Waals surface area contributed by atoms with E-state index in [-0.39, 0.29) is 11.0 Å². The molecule has 0 aromatic heterocycles. The van der Waals surface area contributed by atoms with Crippen LogP contribution in [0.15, 0.2) is 72.4 Å². The lowest BCUT2D eigenvalue weighted by Gasteiger charge is -2.21. The molecule has 0 aromatic rings. The van der Waals surface area contributed by atoms with Crippen molar-refractivity contribution in [2.75, 3.05) is 6.54 Å². The molecule has 0 heterocycles. The Bertz CT molecular complexity index is 554. The van der Waals surface area contributed by atoms with Crippen molar-refractivity contribution in [3.63, 3.8) is 0 Å². The van der Waals surface area contributed by atoms with E-state index in [9.17, 15) is 5.11 Å². The van der Waals surface area contributed by atoms with E-state index in [1.807, 2.05) is 33.8 Å². The van der Waals surface area contributed by atoms with Crippen molar-refractivity contribution in [3.05, 3.63) is 72.4 Å². The van der Waals surface area contributed by atoms with Gasteiger partial charge in [-0.2, -0.15) is 0 Å². The Morgan fingerprint density at radius 2 is 1.45 bits per heavy atom.